The molecule has 0 radical (unpaired) electrons. The fourth-order valence-corrected chi connectivity index (χ4v) is 12.8. The maximum absolute atomic E-state index is 12.9. The molecule has 4 aliphatic carbocycles. The number of fused-ring (bicyclic) bond motifs is 5. The van der Waals surface area contributed by atoms with Crippen molar-refractivity contribution < 1.29 is 19.1 Å². The molecule has 0 spiro atoms. The molecule has 342 valence electrons. The summed E-state index contributed by atoms with van der Waals surface area (Å²) in [6, 6.07) is 15.5. The summed E-state index contributed by atoms with van der Waals surface area (Å²) < 4.78 is 11.7. The fourth-order valence-electron chi connectivity index (χ4n) is 12.8. The van der Waals surface area contributed by atoms with Crippen LogP contribution in [0.25, 0.3) is 0 Å². The van der Waals surface area contributed by atoms with E-state index in [9.17, 15) is 9.59 Å². The molecule has 0 aromatic heterocycles. The van der Waals surface area contributed by atoms with Crippen molar-refractivity contribution in [1.82, 2.24) is 0 Å². The predicted molar refractivity (Wildman–Crippen MR) is 255 cm³/mol. The van der Waals surface area contributed by atoms with Gasteiger partial charge in [0.1, 0.15) is 11.9 Å². The monoisotopic (exact) mass is 849 g/mol. The van der Waals surface area contributed by atoms with Crippen LogP contribution in [0, 0.1) is 46.3 Å². The molecule has 3 saturated carbocycles. The molecule has 2 aromatic carbocycles. The Hall–Kier alpha value is -3.28. The van der Waals surface area contributed by atoms with Crippen LogP contribution in [0.15, 0.2) is 70.4 Å². The minimum atomic E-state index is -0.207. The number of aryl methyl sites for hydroxylation is 1. The van der Waals surface area contributed by atoms with Crippen molar-refractivity contribution in [2.45, 2.75) is 208 Å². The first-order valence-electron chi connectivity index (χ1n) is 25.7. The number of hydrogen-bond donors (Lipinski definition) is 0. The number of rotatable bonds is 24. The van der Waals surface area contributed by atoms with Crippen LogP contribution in [0.2, 0.25) is 0 Å². The van der Waals surface area contributed by atoms with E-state index in [-0.39, 0.29) is 23.5 Å². The van der Waals surface area contributed by atoms with Gasteiger partial charge in [0, 0.05) is 19.3 Å². The third-order valence-corrected chi connectivity index (χ3v) is 16.4. The molecular formula is C56H84N2O4. The lowest BCUT2D eigenvalue weighted by Gasteiger charge is -2.58. The van der Waals surface area contributed by atoms with Gasteiger partial charge >= 0.3 is 11.9 Å². The van der Waals surface area contributed by atoms with Gasteiger partial charge in [-0.25, -0.2) is 0 Å². The molecule has 0 bridgehead atoms. The van der Waals surface area contributed by atoms with E-state index in [1.165, 1.54) is 89.0 Å². The maximum Gasteiger partial charge on any atom is 0.311 e. The van der Waals surface area contributed by atoms with Gasteiger partial charge in [-0.3, -0.25) is 9.59 Å². The number of ether oxygens (including phenoxy) is 2. The van der Waals surface area contributed by atoms with Gasteiger partial charge < -0.3 is 9.47 Å². The lowest BCUT2D eigenvalue weighted by atomic mass is 9.47. The highest BCUT2D eigenvalue weighted by molar-refractivity contribution is 5.72. The number of unbranched alkanes of at least 4 members (excludes halogenated alkanes) is 9. The van der Waals surface area contributed by atoms with Gasteiger partial charge in [-0.05, 0) is 159 Å². The van der Waals surface area contributed by atoms with E-state index < -0.39 is 0 Å². The van der Waals surface area contributed by atoms with Crippen molar-refractivity contribution in [2.75, 3.05) is 0 Å². The zero-order valence-electron chi connectivity index (χ0n) is 39.9. The normalized spacial score (nSPS) is 27.3. The van der Waals surface area contributed by atoms with Crippen LogP contribution in [0.5, 0.6) is 5.75 Å². The van der Waals surface area contributed by atoms with Gasteiger partial charge in [0.15, 0.2) is 0 Å². The first kappa shape index (κ1) is 48.2. The van der Waals surface area contributed by atoms with Crippen LogP contribution in [0.3, 0.4) is 0 Å². The van der Waals surface area contributed by atoms with Crippen LogP contribution >= 0.6 is 0 Å². The SMILES string of the molecule is CCCCCCCc1ccc(N=Nc2ccc(OC(=O)CCCCCCCCC(=O)OC3CC[C@@]4(C)C(=CC[C@H]5[C@@H]6CC[C@H]([C@H](C)CCCC(C)C)[C@@]6(C)CC[C@@H]54)C3)cc2)cc1. The third kappa shape index (κ3) is 13.2. The molecule has 0 amide bonds. The van der Waals surface area contributed by atoms with Gasteiger partial charge in [-0.2, -0.15) is 10.2 Å². The number of benzene rings is 2. The summed E-state index contributed by atoms with van der Waals surface area (Å²) in [5, 5.41) is 8.73. The van der Waals surface area contributed by atoms with E-state index in [4.69, 9.17) is 9.47 Å². The zero-order valence-corrected chi connectivity index (χ0v) is 39.9. The molecule has 1 unspecified atom stereocenters. The van der Waals surface area contributed by atoms with Gasteiger partial charge in [-0.15, -0.1) is 0 Å². The van der Waals surface area contributed by atoms with E-state index in [1.54, 1.807) is 17.7 Å². The van der Waals surface area contributed by atoms with Crippen molar-refractivity contribution in [3.05, 3.63) is 65.7 Å². The summed E-state index contributed by atoms with van der Waals surface area (Å²) in [6.07, 6.45) is 31.1. The van der Waals surface area contributed by atoms with Crippen LogP contribution in [-0.4, -0.2) is 18.0 Å². The molecule has 62 heavy (non-hydrogen) atoms. The number of hydrogen-bond acceptors (Lipinski definition) is 6. The second-order valence-corrected chi connectivity index (χ2v) is 21.3. The number of carbonyl (C=O) groups excluding carboxylic acids is 2. The molecule has 2 aromatic rings. The number of carbonyl (C=O) groups is 2. The van der Waals surface area contributed by atoms with Crippen LogP contribution in [0.1, 0.15) is 201 Å². The Morgan fingerprint density at radius 2 is 1.34 bits per heavy atom. The second-order valence-electron chi connectivity index (χ2n) is 21.3. The topological polar surface area (TPSA) is 77.3 Å². The highest BCUT2D eigenvalue weighted by atomic mass is 16.5. The van der Waals surface area contributed by atoms with Gasteiger partial charge in [-0.1, -0.05) is 136 Å². The zero-order chi connectivity index (χ0) is 44.0. The van der Waals surface area contributed by atoms with Crippen molar-refractivity contribution in [2.24, 2.45) is 56.6 Å². The van der Waals surface area contributed by atoms with Crippen molar-refractivity contribution in [3.63, 3.8) is 0 Å². The summed E-state index contributed by atoms with van der Waals surface area (Å²) in [4.78, 5) is 25.4. The van der Waals surface area contributed by atoms with Crippen LogP contribution < -0.4 is 4.74 Å². The van der Waals surface area contributed by atoms with Gasteiger partial charge in [0.2, 0.25) is 0 Å². The Balaban J connectivity index is 0.811. The molecule has 3 fully saturated rings. The maximum atomic E-state index is 12.9. The Kier molecular flexibility index (Phi) is 18.3. The standard InChI is InChI=1S/C56H84N2O4/c1-7-8-9-12-15-21-43-24-27-45(28-25-43)57-58-46-29-31-47(32-30-46)61-53(59)22-16-13-10-11-14-17-23-54(60)62-48-36-38-55(5)44(40-48)26-33-49-51-35-34-50(42(4)20-18-19-41(2)3)56(51,6)39-37-52(49)55/h24-32,41-42,48-52H,7-23,33-40H2,1-6H3/t42-,48?,49+,50-,51+,52+,55+,56-/m1/s1. The minimum Gasteiger partial charge on any atom is -0.462 e. The molecule has 6 rings (SSSR count). The Morgan fingerprint density at radius 3 is 2.03 bits per heavy atom. The minimum absolute atomic E-state index is 0.0203. The van der Waals surface area contributed by atoms with Gasteiger partial charge in [0.25, 0.3) is 0 Å². The third-order valence-electron chi connectivity index (χ3n) is 16.4. The number of azo groups is 1. The number of esters is 2. The molecule has 4 aliphatic rings. The average Bonchev–Trinajstić information content (AvgIpc) is 3.62. The van der Waals surface area contributed by atoms with Crippen LogP contribution in [0.4, 0.5) is 11.4 Å². The highest BCUT2D eigenvalue weighted by Crippen LogP contribution is 2.67. The van der Waals surface area contributed by atoms with E-state index >= 15 is 0 Å². The molecule has 6 nitrogen and oxygen atoms in total. The molecule has 8 atom stereocenters. The summed E-state index contributed by atoms with van der Waals surface area (Å²) in [5.74, 6) is 5.37. The molecule has 0 N–H and O–H groups in total. The van der Waals surface area contributed by atoms with Crippen molar-refractivity contribution >= 4 is 23.3 Å². The van der Waals surface area contributed by atoms with Crippen molar-refractivity contribution in [3.8, 4) is 5.75 Å². The highest BCUT2D eigenvalue weighted by Gasteiger charge is 2.59. The molecule has 0 saturated heterocycles. The van der Waals surface area contributed by atoms with E-state index in [0.717, 1.165) is 111 Å². The number of nitrogens with zero attached hydrogens (tertiary/aromatic N) is 2. The lowest BCUT2D eigenvalue weighted by Crippen LogP contribution is -2.51. The van der Waals surface area contributed by atoms with Crippen molar-refractivity contribution in [1.29, 1.82) is 0 Å². The molecular weight excluding hydrogens is 765 g/mol. The van der Waals surface area contributed by atoms with Crippen LogP contribution in [-0.2, 0) is 20.7 Å². The summed E-state index contributed by atoms with van der Waals surface area (Å²) in [6.45, 7) is 14.8. The Labute approximate surface area is 377 Å². The van der Waals surface area contributed by atoms with Gasteiger partial charge in [0.05, 0.1) is 11.4 Å². The molecule has 6 heteroatoms. The van der Waals surface area contributed by atoms with E-state index in [0.29, 0.717) is 24.0 Å². The largest absolute Gasteiger partial charge is 0.462 e. The summed E-state index contributed by atoms with van der Waals surface area (Å²) in [7, 11) is 0. The number of allylic oxidation sites excluding steroid dienone is 1. The molecule has 0 heterocycles. The average molecular weight is 849 g/mol. The van der Waals surface area contributed by atoms with E-state index in [2.05, 4.69) is 70.0 Å². The van der Waals surface area contributed by atoms with E-state index in [1.807, 2.05) is 24.3 Å². The summed E-state index contributed by atoms with van der Waals surface area (Å²) >= 11 is 0. The lowest BCUT2D eigenvalue weighted by molar-refractivity contribution is -0.151. The Bertz CT molecular complexity index is 1750. The smallest absolute Gasteiger partial charge is 0.311 e. The summed E-state index contributed by atoms with van der Waals surface area (Å²) in [5.41, 5.74) is 5.29. The molecule has 0 aliphatic heterocycles. The quantitative estimate of drug-likeness (QED) is 0.0347. The second kappa shape index (κ2) is 23.6. The predicted octanol–water partition coefficient (Wildman–Crippen LogP) is 16.6. The fraction of sp³-hybridized carbons (Fsp3) is 0.714. The first-order chi connectivity index (χ1) is 30.0. The Morgan fingerprint density at radius 1 is 0.694 bits per heavy atom. The first-order valence-corrected chi connectivity index (χ1v) is 25.7.